The Morgan fingerprint density at radius 1 is 1.45 bits per heavy atom. The maximum atomic E-state index is 12.9. The summed E-state index contributed by atoms with van der Waals surface area (Å²) < 4.78 is 12.9. The van der Waals surface area contributed by atoms with E-state index in [0.717, 1.165) is 24.1 Å². The third kappa shape index (κ3) is 2.00. The van der Waals surface area contributed by atoms with Crippen molar-refractivity contribution in [3.8, 4) is 0 Å². The molecule has 60 valence electrons. The van der Waals surface area contributed by atoms with Crippen LogP contribution >= 0.6 is 0 Å². The zero-order valence-electron chi connectivity index (χ0n) is 6.89. The fourth-order valence-electron chi connectivity index (χ4n) is 1.01. The second-order valence-electron chi connectivity index (χ2n) is 2.65. The highest BCUT2D eigenvalue weighted by Crippen LogP contribution is 2.07. The second kappa shape index (κ2) is 3.46. The van der Waals surface area contributed by atoms with Gasteiger partial charge in [0.25, 0.3) is 0 Å². The Morgan fingerprint density at radius 3 is 2.73 bits per heavy atom. The molecule has 0 fully saturated rings. The van der Waals surface area contributed by atoms with Crippen LogP contribution in [0.5, 0.6) is 0 Å². The Labute approximate surface area is 66.3 Å². The van der Waals surface area contributed by atoms with Gasteiger partial charge in [-0.3, -0.25) is 0 Å². The van der Waals surface area contributed by atoms with Crippen molar-refractivity contribution in [2.45, 2.75) is 26.7 Å². The lowest BCUT2D eigenvalue weighted by Gasteiger charge is -1.99. The molecule has 0 aliphatic rings. The zero-order chi connectivity index (χ0) is 8.27. The molecule has 0 aliphatic heterocycles. The summed E-state index contributed by atoms with van der Waals surface area (Å²) in [6.07, 6.45) is 1.74. The Hall–Kier alpha value is -0.920. The molecule has 0 spiro atoms. The van der Waals surface area contributed by atoms with Gasteiger partial charge in [0.15, 0.2) is 0 Å². The van der Waals surface area contributed by atoms with Crippen molar-refractivity contribution < 1.29 is 4.39 Å². The van der Waals surface area contributed by atoms with Crippen LogP contribution in [-0.2, 0) is 6.42 Å². The SMILES string of the molecule is CCCc1ccc(C)nc1F. The molecule has 0 unspecified atom stereocenters. The zero-order valence-corrected chi connectivity index (χ0v) is 6.89. The van der Waals surface area contributed by atoms with Gasteiger partial charge in [0, 0.05) is 11.3 Å². The number of rotatable bonds is 2. The van der Waals surface area contributed by atoms with Gasteiger partial charge >= 0.3 is 0 Å². The maximum absolute atomic E-state index is 12.9. The van der Waals surface area contributed by atoms with Crippen molar-refractivity contribution in [3.05, 3.63) is 29.3 Å². The van der Waals surface area contributed by atoms with E-state index in [4.69, 9.17) is 0 Å². The van der Waals surface area contributed by atoms with Gasteiger partial charge in [-0.25, -0.2) is 4.98 Å². The molecule has 1 rings (SSSR count). The molecule has 1 heterocycles. The van der Waals surface area contributed by atoms with Crippen molar-refractivity contribution in [1.82, 2.24) is 4.98 Å². The lowest BCUT2D eigenvalue weighted by Crippen LogP contribution is -1.94. The quantitative estimate of drug-likeness (QED) is 0.595. The predicted molar refractivity (Wildman–Crippen MR) is 42.9 cm³/mol. The van der Waals surface area contributed by atoms with Gasteiger partial charge in [-0.2, -0.15) is 4.39 Å². The molecule has 0 aliphatic carbocycles. The third-order valence-electron chi connectivity index (χ3n) is 1.58. The normalized spacial score (nSPS) is 10.1. The molecule has 0 bridgehead atoms. The molecule has 0 saturated heterocycles. The van der Waals surface area contributed by atoms with Crippen LogP contribution in [0.4, 0.5) is 4.39 Å². The van der Waals surface area contributed by atoms with E-state index in [2.05, 4.69) is 4.98 Å². The Bertz CT molecular complexity index is 245. The van der Waals surface area contributed by atoms with Crippen LogP contribution in [0, 0.1) is 12.9 Å². The van der Waals surface area contributed by atoms with E-state index in [1.807, 2.05) is 13.0 Å². The molecule has 11 heavy (non-hydrogen) atoms. The van der Waals surface area contributed by atoms with Gasteiger partial charge in [-0.1, -0.05) is 19.4 Å². The maximum Gasteiger partial charge on any atom is 0.216 e. The first-order valence-corrected chi connectivity index (χ1v) is 3.86. The minimum atomic E-state index is -0.313. The predicted octanol–water partition coefficient (Wildman–Crippen LogP) is 2.48. The highest BCUT2D eigenvalue weighted by molar-refractivity contribution is 5.14. The summed E-state index contributed by atoms with van der Waals surface area (Å²) in [5.74, 6) is -0.313. The Balaban J connectivity index is 2.90. The number of nitrogens with zero attached hydrogens (tertiary/aromatic N) is 1. The van der Waals surface area contributed by atoms with Gasteiger partial charge in [-0.05, 0) is 19.4 Å². The van der Waals surface area contributed by atoms with E-state index in [9.17, 15) is 4.39 Å². The van der Waals surface area contributed by atoms with E-state index in [1.54, 1.807) is 13.0 Å². The van der Waals surface area contributed by atoms with Crippen molar-refractivity contribution >= 4 is 0 Å². The average molecular weight is 153 g/mol. The monoisotopic (exact) mass is 153 g/mol. The van der Waals surface area contributed by atoms with Crippen LogP contribution in [0.25, 0.3) is 0 Å². The average Bonchev–Trinajstić information content (AvgIpc) is 1.95. The molecular formula is C9H12FN. The van der Waals surface area contributed by atoms with E-state index in [-0.39, 0.29) is 5.95 Å². The molecule has 0 aromatic carbocycles. The number of aryl methyl sites for hydroxylation is 2. The van der Waals surface area contributed by atoms with Crippen LogP contribution in [0.1, 0.15) is 24.6 Å². The van der Waals surface area contributed by atoms with E-state index >= 15 is 0 Å². The lowest BCUT2D eigenvalue weighted by atomic mass is 10.1. The molecule has 0 atom stereocenters. The molecule has 2 heteroatoms. The summed E-state index contributed by atoms with van der Waals surface area (Å²) in [6, 6.07) is 3.65. The third-order valence-corrected chi connectivity index (χ3v) is 1.58. The van der Waals surface area contributed by atoms with Crippen molar-refractivity contribution in [3.63, 3.8) is 0 Å². The number of pyridine rings is 1. The number of aromatic nitrogens is 1. The molecular weight excluding hydrogens is 141 g/mol. The molecule has 0 saturated carbocycles. The van der Waals surface area contributed by atoms with E-state index in [0.29, 0.717) is 0 Å². The van der Waals surface area contributed by atoms with Gasteiger partial charge in [-0.15, -0.1) is 0 Å². The minimum Gasteiger partial charge on any atom is -0.225 e. The van der Waals surface area contributed by atoms with Crippen molar-refractivity contribution in [2.24, 2.45) is 0 Å². The summed E-state index contributed by atoms with van der Waals surface area (Å²) in [4.78, 5) is 3.73. The summed E-state index contributed by atoms with van der Waals surface area (Å²) in [7, 11) is 0. The first-order valence-electron chi connectivity index (χ1n) is 3.86. The summed E-state index contributed by atoms with van der Waals surface area (Å²) in [5, 5.41) is 0. The fourth-order valence-corrected chi connectivity index (χ4v) is 1.01. The van der Waals surface area contributed by atoms with Gasteiger partial charge in [0.05, 0.1) is 0 Å². The van der Waals surface area contributed by atoms with Gasteiger partial charge in [0.2, 0.25) is 5.95 Å². The van der Waals surface area contributed by atoms with E-state index in [1.165, 1.54) is 0 Å². The first kappa shape index (κ1) is 8.18. The number of halogens is 1. The largest absolute Gasteiger partial charge is 0.225 e. The summed E-state index contributed by atoms with van der Waals surface area (Å²) >= 11 is 0. The van der Waals surface area contributed by atoms with Gasteiger partial charge < -0.3 is 0 Å². The standard InChI is InChI=1S/C9H12FN/c1-3-4-8-6-5-7(2)11-9(8)10/h5-6H,3-4H2,1-2H3. The Kier molecular flexibility index (Phi) is 2.58. The highest BCUT2D eigenvalue weighted by Gasteiger charge is 2.00. The molecule has 0 amide bonds. The van der Waals surface area contributed by atoms with Crippen LogP contribution < -0.4 is 0 Å². The number of hydrogen-bond donors (Lipinski definition) is 0. The van der Waals surface area contributed by atoms with E-state index < -0.39 is 0 Å². The molecule has 1 nitrogen and oxygen atoms in total. The number of hydrogen-bond acceptors (Lipinski definition) is 1. The fraction of sp³-hybridized carbons (Fsp3) is 0.444. The second-order valence-corrected chi connectivity index (χ2v) is 2.65. The van der Waals surface area contributed by atoms with Crippen molar-refractivity contribution in [2.75, 3.05) is 0 Å². The lowest BCUT2D eigenvalue weighted by molar-refractivity contribution is 0.561. The topological polar surface area (TPSA) is 12.9 Å². The van der Waals surface area contributed by atoms with Gasteiger partial charge in [0.1, 0.15) is 0 Å². The molecule has 0 N–H and O–H groups in total. The van der Waals surface area contributed by atoms with Crippen LogP contribution in [0.2, 0.25) is 0 Å². The summed E-state index contributed by atoms with van der Waals surface area (Å²) in [5.41, 5.74) is 1.46. The smallest absolute Gasteiger partial charge is 0.216 e. The molecule has 1 aromatic rings. The van der Waals surface area contributed by atoms with Crippen LogP contribution in [-0.4, -0.2) is 4.98 Å². The minimum absolute atomic E-state index is 0.313. The highest BCUT2D eigenvalue weighted by atomic mass is 19.1. The Morgan fingerprint density at radius 2 is 2.18 bits per heavy atom. The van der Waals surface area contributed by atoms with Crippen LogP contribution in [0.15, 0.2) is 12.1 Å². The van der Waals surface area contributed by atoms with Crippen molar-refractivity contribution in [1.29, 1.82) is 0 Å². The molecule has 0 radical (unpaired) electrons. The first-order chi connectivity index (χ1) is 5.24. The van der Waals surface area contributed by atoms with Crippen LogP contribution in [0.3, 0.4) is 0 Å². The molecule has 1 aromatic heterocycles. The summed E-state index contributed by atoms with van der Waals surface area (Å²) in [6.45, 7) is 3.82.